The van der Waals surface area contributed by atoms with E-state index in [1.165, 1.54) is 0 Å². The van der Waals surface area contributed by atoms with Gasteiger partial charge in [-0.2, -0.15) is 0 Å². The third-order valence-electron chi connectivity index (χ3n) is 2.47. The normalized spacial score (nSPS) is 13.6. The van der Waals surface area contributed by atoms with E-state index in [4.69, 9.17) is 5.11 Å². The van der Waals surface area contributed by atoms with E-state index in [0.717, 1.165) is 13.8 Å². The van der Waals surface area contributed by atoms with Gasteiger partial charge in [-0.1, -0.05) is 6.92 Å². The van der Waals surface area contributed by atoms with E-state index in [0.29, 0.717) is 6.42 Å². The second-order valence-electron chi connectivity index (χ2n) is 4.29. The monoisotopic (exact) mass is 286 g/mol. The highest BCUT2D eigenvalue weighted by molar-refractivity contribution is 7.96. The van der Waals surface area contributed by atoms with Gasteiger partial charge in [0.2, 0.25) is 0 Å². The average molecular weight is 286 g/mol. The molecule has 0 fully saturated rings. The van der Waals surface area contributed by atoms with Crippen molar-refractivity contribution in [2.24, 2.45) is 0 Å². The third-order valence-corrected chi connectivity index (χ3v) is 7.06. The zero-order valence-corrected chi connectivity index (χ0v) is 11.8. The van der Waals surface area contributed by atoms with E-state index in [-0.39, 0.29) is 5.75 Å². The van der Waals surface area contributed by atoms with Gasteiger partial charge < -0.3 is 5.11 Å². The number of sulfone groups is 2. The fraction of sp³-hybridized carbons (Fsp3) is 0.889. The molecule has 102 valence electrons. The van der Waals surface area contributed by atoms with Gasteiger partial charge >= 0.3 is 5.97 Å². The molecule has 0 saturated heterocycles. The van der Waals surface area contributed by atoms with Crippen LogP contribution >= 0.6 is 0 Å². The van der Waals surface area contributed by atoms with E-state index in [2.05, 4.69) is 0 Å². The molecule has 0 radical (unpaired) electrons. The Bertz CT molecular complexity index is 472. The zero-order valence-electron chi connectivity index (χ0n) is 10.1. The minimum absolute atomic E-state index is 0.0873. The van der Waals surface area contributed by atoms with Crippen LogP contribution in [0.15, 0.2) is 0 Å². The molecule has 0 aliphatic rings. The van der Waals surface area contributed by atoms with Crippen molar-refractivity contribution in [2.75, 3.05) is 17.3 Å². The summed E-state index contributed by atoms with van der Waals surface area (Å²) in [5.41, 5.74) is 0. The standard InChI is InChI=1S/C9H18O6S2/c1-4-5-16(12,13)6-7-17(14,15)9(2,3)8(10)11/h4-7H2,1-3H3,(H,10,11). The molecular formula is C9H18O6S2. The van der Waals surface area contributed by atoms with Crippen LogP contribution in [0.1, 0.15) is 27.2 Å². The topological polar surface area (TPSA) is 106 Å². The first-order chi connectivity index (χ1) is 7.46. The number of carboxylic acids is 1. The summed E-state index contributed by atoms with van der Waals surface area (Å²) in [6.45, 7) is 3.78. The molecule has 0 rings (SSSR count). The number of carboxylic acid groups (broad SMARTS) is 1. The van der Waals surface area contributed by atoms with Gasteiger partial charge in [0.25, 0.3) is 0 Å². The molecular weight excluding hydrogens is 268 g/mol. The summed E-state index contributed by atoms with van der Waals surface area (Å²) in [6, 6.07) is 0. The van der Waals surface area contributed by atoms with Crippen LogP contribution in [-0.4, -0.2) is 49.9 Å². The Morgan fingerprint density at radius 1 is 1.06 bits per heavy atom. The first-order valence-corrected chi connectivity index (χ1v) is 8.60. The Labute approximate surface area is 102 Å². The van der Waals surface area contributed by atoms with Gasteiger partial charge in [0.15, 0.2) is 24.4 Å². The second kappa shape index (κ2) is 5.34. The molecule has 0 aromatic rings. The van der Waals surface area contributed by atoms with Gasteiger partial charge in [-0.15, -0.1) is 0 Å². The minimum atomic E-state index is -3.99. The van der Waals surface area contributed by atoms with Crippen molar-refractivity contribution >= 4 is 25.6 Å². The lowest BCUT2D eigenvalue weighted by Crippen LogP contribution is -2.43. The highest BCUT2D eigenvalue weighted by Crippen LogP contribution is 2.18. The van der Waals surface area contributed by atoms with Crippen LogP contribution < -0.4 is 0 Å². The summed E-state index contributed by atoms with van der Waals surface area (Å²) in [6.07, 6.45) is 0.407. The van der Waals surface area contributed by atoms with E-state index < -0.39 is 41.9 Å². The van der Waals surface area contributed by atoms with E-state index >= 15 is 0 Å². The first kappa shape index (κ1) is 16.4. The molecule has 0 bridgehead atoms. The highest BCUT2D eigenvalue weighted by atomic mass is 32.2. The lowest BCUT2D eigenvalue weighted by Gasteiger charge is -2.19. The quantitative estimate of drug-likeness (QED) is 0.711. The molecule has 0 saturated carbocycles. The summed E-state index contributed by atoms with van der Waals surface area (Å²) in [5.74, 6) is -2.75. The third kappa shape index (κ3) is 4.27. The Balaban J connectivity index is 4.88. The van der Waals surface area contributed by atoms with Crippen molar-refractivity contribution < 1.29 is 26.7 Å². The van der Waals surface area contributed by atoms with Crippen molar-refractivity contribution in [1.29, 1.82) is 0 Å². The summed E-state index contributed by atoms with van der Waals surface area (Å²) in [4.78, 5) is 10.8. The van der Waals surface area contributed by atoms with Crippen LogP contribution in [0.5, 0.6) is 0 Å². The number of aliphatic carboxylic acids is 1. The molecule has 6 nitrogen and oxygen atoms in total. The summed E-state index contributed by atoms with van der Waals surface area (Å²) in [5, 5.41) is 8.78. The SMILES string of the molecule is CCCS(=O)(=O)CCS(=O)(=O)C(C)(C)C(=O)O. The number of hydrogen-bond acceptors (Lipinski definition) is 5. The smallest absolute Gasteiger partial charge is 0.324 e. The lowest BCUT2D eigenvalue weighted by molar-refractivity contribution is -0.139. The van der Waals surface area contributed by atoms with Gasteiger partial charge in [-0.25, -0.2) is 16.8 Å². The summed E-state index contributed by atoms with van der Waals surface area (Å²) < 4.78 is 44.2. The van der Waals surface area contributed by atoms with Crippen molar-refractivity contribution in [1.82, 2.24) is 0 Å². The molecule has 0 aromatic heterocycles. The van der Waals surface area contributed by atoms with Crippen LogP contribution in [0, 0.1) is 0 Å². The summed E-state index contributed by atoms with van der Waals surface area (Å²) in [7, 11) is -7.41. The van der Waals surface area contributed by atoms with Crippen LogP contribution in [0.25, 0.3) is 0 Å². The molecule has 0 unspecified atom stereocenters. The van der Waals surface area contributed by atoms with Crippen molar-refractivity contribution in [2.45, 2.75) is 31.9 Å². The maximum atomic E-state index is 11.7. The van der Waals surface area contributed by atoms with Crippen molar-refractivity contribution in [3.63, 3.8) is 0 Å². The lowest BCUT2D eigenvalue weighted by atomic mass is 10.2. The summed E-state index contributed by atoms with van der Waals surface area (Å²) >= 11 is 0. The number of rotatable bonds is 7. The average Bonchev–Trinajstić information content (AvgIpc) is 2.14. The highest BCUT2D eigenvalue weighted by Gasteiger charge is 2.41. The number of carbonyl (C=O) groups is 1. The maximum absolute atomic E-state index is 11.7. The number of hydrogen-bond donors (Lipinski definition) is 1. The maximum Gasteiger partial charge on any atom is 0.324 e. The van der Waals surface area contributed by atoms with Crippen LogP contribution in [0.3, 0.4) is 0 Å². The van der Waals surface area contributed by atoms with E-state index in [9.17, 15) is 21.6 Å². The molecule has 0 aromatic carbocycles. The van der Waals surface area contributed by atoms with Gasteiger partial charge in [0.1, 0.15) is 0 Å². The van der Waals surface area contributed by atoms with E-state index in [1.807, 2.05) is 0 Å². The molecule has 17 heavy (non-hydrogen) atoms. The second-order valence-corrected chi connectivity index (χ2v) is 9.25. The molecule has 0 heterocycles. The molecule has 0 spiro atoms. The van der Waals surface area contributed by atoms with Gasteiger partial charge in [0, 0.05) is 5.75 Å². The molecule has 0 amide bonds. The van der Waals surface area contributed by atoms with Gasteiger partial charge in [-0.05, 0) is 20.3 Å². The molecule has 0 aliphatic heterocycles. The van der Waals surface area contributed by atoms with Crippen LogP contribution in [0.4, 0.5) is 0 Å². The predicted octanol–water partition coefficient (Wildman–Crippen LogP) is 0.0892. The molecule has 8 heteroatoms. The Morgan fingerprint density at radius 3 is 1.88 bits per heavy atom. The van der Waals surface area contributed by atoms with Crippen LogP contribution in [-0.2, 0) is 24.5 Å². The minimum Gasteiger partial charge on any atom is -0.480 e. The van der Waals surface area contributed by atoms with Gasteiger partial charge in [-0.3, -0.25) is 4.79 Å². The molecule has 0 aliphatic carbocycles. The Morgan fingerprint density at radius 2 is 1.53 bits per heavy atom. The molecule has 1 N–H and O–H groups in total. The Hall–Kier alpha value is -0.630. The predicted molar refractivity (Wildman–Crippen MR) is 64.4 cm³/mol. The zero-order chi connectivity index (χ0) is 13.9. The van der Waals surface area contributed by atoms with Crippen molar-refractivity contribution in [3.05, 3.63) is 0 Å². The molecule has 0 atom stereocenters. The Kier molecular flexibility index (Phi) is 5.15. The first-order valence-electron chi connectivity index (χ1n) is 5.12. The van der Waals surface area contributed by atoms with Crippen LogP contribution in [0.2, 0.25) is 0 Å². The fourth-order valence-corrected chi connectivity index (χ4v) is 4.53. The fourth-order valence-electron chi connectivity index (χ4n) is 1.04. The largest absolute Gasteiger partial charge is 0.480 e. The van der Waals surface area contributed by atoms with Crippen molar-refractivity contribution in [3.8, 4) is 0 Å². The van der Waals surface area contributed by atoms with E-state index in [1.54, 1.807) is 6.92 Å². The van der Waals surface area contributed by atoms with Gasteiger partial charge in [0.05, 0.1) is 11.5 Å².